The molecule has 3 heterocycles. The van der Waals surface area contributed by atoms with Gasteiger partial charge in [-0.25, -0.2) is 0 Å². The lowest BCUT2D eigenvalue weighted by molar-refractivity contribution is -0.118. The van der Waals surface area contributed by atoms with E-state index in [0.717, 1.165) is 0 Å². The molecule has 6 rings (SSSR count). The number of morpholine rings is 1. The van der Waals surface area contributed by atoms with Gasteiger partial charge in [0.1, 0.15) is 12.2 Å². The molecular weight excluding hydrogens is 598 g/mol. The number of nitrogens with zero attached hydrogens (tertiary/aromatic N) is 2. The first-order chi connectivity index (χ1) is 22.4. The number of benzene rings is 2. The molecule has 1 aromatic heterocycles. The van der Waals surface area contributed by atoms with Gasteiger partial charge in [-0.05, 0) is 35.9 Å². The Bertz CT molecular complexity index is 1610. The largest absolute Gasteiger partial charge is 0.493 e. The number of para-hydroxylation sites is 1. The number of aliphatic hydroxyl groups is 3. The standard InChI is InChI=1S/C33H39N3O10/c1-42-24-5-3-4-20-16-26(45-29(20)24)33(41)36(8-7-35-9-12-44-13-10-35)23-17-22(32(40)34-6-11-37)27-21-14-19(18-38)15-25(43-2)30(21)46-31(27)28(23)39/h3-5,14-17,23,27-28,31,37-39H,6-13,18H2,1-2H3,(H,34,40)/t23-,27+,28+,31+/m1/s1. The van der Waals surface area contributed by atoms with Crippen LogP contribution in [0, 0.1) is 0 Å². The number of amides is 2. The van der Waals surface area contributed by atoms with Crippen molar-refractivity contribution in [3.8, 4) is 17.2 Å². The molecule has 13 heteroatoms. The van der Waals surface area contributed by atoms with Crippen molar-refractivity contribution in [2.24, 2.45) is 0 Å². The number of nitrogens with one attached hydrogen (secondary N) is 1. The van der Waals surface area contributed by atoms with Gasteiger partial charge in [-0.15, -0.1) is 0 Å². The van der Waals surface area contributed by atoms with Crippen LogP contribution in [0.4, 0.5) is 0 Å². The van der Waals surface area contributed by atoms with Crippen LogP contribution in [0.2, 0.25) is 0 Å². The number of carbonyl (C=O) groups excluding carboxylic acids is 2. The zero-order valence-electron chi connectivity index (χ0n) is 25.8. The first-order valence-corrected chi connectivity index (χ1v) is 15.3. The van der Waals surface area contributed by atoms with Crippen LogP contribution in [0.1, 0.15) is 27.6 Å². The Balaban J connectivity index is 1.42. The van der Waals surface area contributed by atoms with Gasteiger partial charge in [0.2, 0.25) is 5.91 Å². The topological polar surface area (TPSA) is 163 Å². The highest BCUT2D eigenvalue weighted by Crippen LogP contribution is 2.51. The molecule has 0 unspecified atom stereocenters. The van der Waals surface area contributed by atoms with Gasteiger partial charge in [0, 0.05) is 49.2 Å². The van der Waals surface area contributed by atoms with Crippen molar-refractivity contribution in [1.82, 2.24) is 15.1 Å². The molecule has 1 aliphatic carbocycles. The van der Waals surface area contributed by atoms with Gasteiger partial charge in [0.05, 0.1) is 52.6 Å². The molecule has 246 valence electrons. The third kappa shape index (κ3) is 5.92. The summed E-state index contributed by atoms with van der Waals surface area (Å²) < 4.78 is 28.9. The van der Waals surface area contributed by atoms with E-state index in [2.05, 4.69) is 10.2 Å². The monoisotopic (exact) mass is 637 g/mol. The highest BCUT2D eigenvalue weighted by atomic mass is 16.5. The van der Waals surface area contributed by atoms with Crippen molar-refractivity contribution in [3.63, 3.8) is 0 Å². The Hall–Kier alpha value is -4.14. The van der Waals surface area contributed by atoms with Crippen LogP contribution in [0.15, 0.2) is 52.5 Å². The normalized spacial score (nSPS) is 22.4. The zero-order valence-corrected chi connectivity index (χ0v) is 25.8. The van der Waals surface area contributed by atoms with Crippen LogP contribution in [0.3, 0.4) is 0 Å². The van der Waals surface area contributed by atoms with Crippen LogP contribution in [-0.4, -0.2) is 122 Å². The molecule has 4 N–H and O–H groups in total. The van der Waals surface area contributed by atoms with Crippen LogP contribution in [0.25, 0.3) is 11.0 Å². The fourth-order valence-corrected chi connectivity index (χ4v) is 6.52. The summed E-state index contributed by atoms with van der Waals surface area (Å²) in [6, 6.07) is 9.39. The van der Waals surface area contributed by atoms with Crippen LogP contribution in [0.5, 0.6) is 17.2 Å². The molecular formula is C33H39N3O10. The van der Waals surface area contributed by atoms with E-state index < -0.39 is 36.0 Å². The molecule has 2 amide bonds. The number of aliphatic hydroxyl groups excluding tert-OH is 3. The lowest BCUT2D eigenvalue weighted by Crippen LogP contribution is -2.57. The molecule has 4 atom stereocenters. The Morgan fingerprint density at radius 1 is 1.09 bits per heavy atom. The molecule has 2 aliphatic heterocycles. The van der Waals surface area contributed by atoms with E-state index in [4.69, 9.17) is 23.4 Å². The molecule has 3 aliphatic rings. The molecule has 0 radical (unpaired) electrons. The Kier molecular flexibility index (Phi) is 9.47. The van der Waals surface area contributed by atoms with E-state index >= 15 is 0 Å². The van der Waals surface area contributed by atoms with Crippen molar-refractivity contribution in [3.05, 3.63) is 64.9 Å². The number of hydrogen-bond acceptors (Lipinski definition) is 11. The summed E-state index contributed by atoms with van der Waals surface area (Å²) in [6.07, 6.45) is -0.617. The molecule has 1 fully saturated rings. The lowest BCUT2D eigenvalue weighted by atomic mass is 9.77. The molecule has 0 spiro atoms. The van der Waals surface area contributed by atoms with Gasteiger partial charge in [0.15, 0.2) is 28.6 Å². The number of fused-ring (bicyclic) bond motifs is 4. The van der Waals surface area contributed by atoms with Crippen molar-refractivity contribution in [1.29, 1.82) is 0 Å². The van der Waals surface area contributed by atoms with E-state index in [1.54, 1.807) is 36.4 Å². The minimum Gasteiger partial charge on any atom is -0.493 e. The predicted octanol–water partition coefficient (Wildman–Crippen LogP) is 1.04. The lowest BCUT2D eigenvalue weighted by Gasteiger charge is -2.41. The molecule has 13 nitrogen and oxygen atoms in total. The van der Waals surface area contributed by atoms with Gasteiger partial charge in [-0.3, -0.25) is 14.5 Å². The summed E-state index contributed by atoms with van der Waals surface area (Å²) in [4.78, 5) is 31.7. The number of methoxy groups -OCH3 is 2. The van der Waals surface area contributed by atoms with Crippen molar-refractivity contribution >= 4 is 22.8 Å². The molecule has 2 aromatic carbocycles. The van der Waals surface area contributed by atoms with Gasteiger partial charge < -0.3 is 48.9 Å². The van der Waals surface area contributed by atoms with Crippen LogP contribution >= 0.6 is 0 Å². The van der Waals surface area contributed by atoms with Gasteiger partial charge in [-0.2, -0.15) is 0 Å². The maximum atomic E-state index is 14.4. The zero-order chi connectivity index (χ0) is 32.4. The van der Waals surface area contributed by atoms with E-state index in [9.17, 15) is 24.9 Å². The second kappa shape index (κ2) is 13.7. The van der Waals surface area contributed by atoms with Crippen molar-refractivity contribution < 1.29 is 48.3 Å². The number of ether oxygens (including phenoxy) is 4. The second-order valence-corrected chi connectivity index (χ2v) is 11.5. The Labute approximate surface area is 265 Å². The average molecular weight is 638 g/mol. The molecule has 46 heavy (non-hydrogen) atoms. The maximum Gasteiger partial charge on any atom is 0.290 e. The van der Waals surface area contributed by atoms with Crippen molar-refractivity contribution in [2.75, 3.05) is 66.8 Å². The minimum atomic E-state index is -1.26. The van der Waals surface area contributed by atoms with E-state index in [0.29, 0.717) is 72.2 Å². The van der Waals surface area contributed by atoms with E-state index in [1.165, 1.54) is 19.1 Å². The fourth-order valence-electron chi connectivity index (χ4n) is 6.52. The minimum absolute atomic E-state index is 0.00892. The highest BCUT2D eigenvalue weighted by Gasteiger charge is 2.51. The first-order valence-electron chi connectivity index (χ1n) is 15.3. The van der Waals surface area contributed by atoms with E-state index in [1.807, 2.05) is 6.07 Å². The fraction of sp³-hybridized carbons (Fsp3) is 0.455. The van der Waals surface area contributed by atoms with Crippen molar-refractivity contribution in [2.45, 2.75) is 30.8 Å². The Morgan fingerprint density at radius 2 is 1.87 bits per heavy atom. The number of hydrogen-bond donors (Lipinski definition) is 4. The number of furan rings is 1. The summed E-state index contributed by atoms with van der Waals surface area (Å²) in [6.45, 7) is 2.70. The van der Waals surface area contributed by atoms with Crippen LogP contribution < -0.4 is 19.5 Å². The summed E-state index contributed by atoms with van der Waals surface area (Å²) >= 11 is 0. The predicted molar refractivity (Wildman–Crippen MR) is 165 cm³/mol. The van der Waals surface area contributed by atoms with E-state index in [-0.39, 0.29) is 37.6 Å². The summed E-state index contributed by atoms with van der Waals surface area (Å²) in [5.74, 6) is -0.437. The molecule has 0 bridgehead atoms. The Morgan fingerprint density at radius 3 is 2.59 bits per heavy atom. The summed E-state index contributed by atoms with van der Waals surface area (Å²) in [7, 11) is 2.99. The third-order valence-corrected chi connectivity index (χ3v) is 8.82. The smallest absolute Gasteiger partial charge is 0.290 e. The SMILES string of the molecule is COc1cc(CO)cc2c1O[C@@H]1[C@@H](O)[C@H](N(CCN3CCOCC3)C(=O)c3cc4cccc(OC)c4o3)C=C(C(=O)NCCO)[C@H]21. The van der Waals surface area contributed by atoms with Gasteiger partial charge in [-0.1, -0.05) is 12.1 Å². The number of carbonyl (C=O) groups is 2. The molecule has 0 saturated carbocycles. The quantitative estimate of drug-likeness (QED) is 0.238. The summed E-state index contributed by atoms with van der Waals surface area (Å²) in [5, 5.41) is 34.8. The van der Waals surface area contributed by atoms with Gasteiger partial charge in [0.25, 0.3) is 5.91 Å². The maximum absolute atomic E-state index is 14.4. The highest BCUT2D eigenvalue weighted by molar-refractivity contribution is 5.99. The summed E-state index contributed by atoms with van der Waals surface area (Å²) in [5.41, 5.74) is 1.81. The van der Waals surface area contributed by atoms with Crippen LogP contribution in [-0.2, 0) is 16.1 Å². The second-order valence-electron chi connectivity index (χ2n) is 11.5. The third-order valence-electron chi connectivity index (χ3n) is 8.82. The number of rotatable bonds is 11. The average Bonchev–Trinajstić information content (AvgIpc) is 3.71. The van der Waals surface area contributed by atoms with Gasteiger partial charge >= 0.3 is 0 Å². The molecule has 1 saturated heterocycles. The molecule has 3 aromatic rings. The first kappa shape index (κ1) is 31.8.